The number of hydrogen-bond acceptors (Lipinski definition) is 8. The summed E-state index contributed by atoms with van der Waals surface area (Å²) >= 11 is 0. The number of carbonyl (C=O) groups is 1. The van der Waals surface area contributed by atoms with Gasteiger partial charge in [0.2, 0.25) is 0 Å². The summed E-state index contributed by atoms with van der Waals surface area (Å²) in [5, 5.41) is 5.30. The highest BCUT2D eigenvalue weighted by molar-refractivity contribution is 7.85. The highest BCUT2D eigenvalue weighted by atomic mass is 32.2. The number of piperazine rings is 1. The van der Waals surface area contributed by atoms with Crippen LogP contribution in [0.5, 0.6) is 0 Å². The van der Waals surface area contributed by atoms with Gasteiger partial charge >= 0.3 is 12.2 Å². The van der Waals surface area contributed by atoms with Crippen LogP contribution in [-0.4, -0.2) is 81.8 Å². The fraction of sp³-hybridized carbons (Fsp3) is 0.367. The molecule has 0 bridgehead atoms. The van der Waals surface area contributed by atoms with E-state index in [-0.39, 0.29) is 41.9 Å². The Bertz CT molecular complexity index is 1920. The molecule has 5 N–H and O–H groups in total. The van der Waals surface area contributed by atoms with Crippen molar-refractivity contribution in [2.45, 2.75) is 31.6 Å². The van der Waals surface area contributed by atoms with Gasteiger partial charge < -0.3 is 20.9 Å². The van der Waals surface area contributed by atoms with Gasteiger partial charge in [-0.15, -0.1) is 0 Å². The quantitative estimate of drug-likeness (QED) is 0.144. The molecule has 3 heterocycles. The molecule has 12 nitrogen and oxygen atoms in total. The predicted molar refractivity (Wildman–Crippen MR) is 168 cm³/mol. The number of nitrogen functional groups attached to an aromatic ring is 1. The second kappa shape index (κ2) is 12.7. The van der Waals surface area contributed by atoms with Crippen molar-refractivity contribution in [1.29, 1.82) is 0 Å². The third-order valence-electron chi connectivity index (χ3n) is 8.30. The molecule has 1 saturated heterocycles. The van der Waals surface area contributed by atoms with Crippen LogP contribution >= 0.6 is 0 Å². The van der Waals surface area contributed by atoms with Crippen LogP contribution in [-0.2, 0) is 22.8 Å². The van der Waals surface area contributed by atoms with Crippen LogP contribution in [0.3, 0.4) is 0 Å². The number of alkyl halides is 3. The number of carbonyl (C=O) groups excluding carboxylic acids is 1. The molecule has 250 valence electrons. The molecule has 1 saturated carbocycles. The first-order valence-electron chi connectivity index (χ1n) is 14.8. The van der Waals surface area contributed by atoms with Gasteiger partial charge in [0.1, 0.15) is 23.6 Å². The molecule has 0 spiro atoms. The number of urea groups is 1. The number of fused-ring (bicyclic) bond motifs is 1. The van der Waals surface area contributed by atoms with E-state index in [1.807, 2.05) is 20.6 Å². The number of nitrogens with one attached hydrogen (secondary N) is 2. The molecule has 2 aromatic carbocycles. The molecule has 1 aliphatic carbocycles. The average molecular weight is 677 g/mol. The molecule has 2 fully saturated rings. The van der Waals surface area contributed by atoms with E-state index in [4.69, 9.17) is 10.3 Å². The molecule has 1 aliphatic heterocycles. The van der Waals surface area contributed by atoms with E-state index >= 15 is 4.39 Å². The highest BCUT2D eigenvalue weighted by Gasteiger charge is 2.34. The van der Waals surface area contributed by atoms with Gasteiger partial charge in [0, 0.05) is 62.8 Å². The predicted octanol–water partition coefficient (Wildman–Crippen LogP) is 4.82. The number of nitrogens with two attached hydrogens (primary N) is 1. The summed E-state index contributed by atoms with van der Waals surface area (Å²) in [4.78, 5) is 24.8. The van der Waals surface area contributed by atoms with E-state index in [0.717, 1.165) is 18.9 Å². The third-order valence-corrected chi connectivity index (χ3v) is 9.00. The van der Waals surface area contributed by atoms with Crippen molar-refractivity contribution in [3.63, 3.8) is 0 Å². The van der Waals surface area contributed by atoms with Crippen molar-refractivity contribution in [3.05, 3.63) is 65.9 Å². The van der Waals surface area contributed by atoms with E-state index in [1.165, 1.54) is 30.6 Å². The first-order valence-corrected chi connectivity index (χ1v) is 16.4. The summed E-state index contributed by atoms with van der Waals surface area (Å²) in [6.07, 6.45) is 0.514. The van der Waals surface area contributed by atoms with Gasteiger partial charge in [0.15, 0.2) is 0 Å². The number of amides is 2. The van der Waals surface area contributed by atoms with Gasteiger partial charge in [-0.25, -0.2) is 19.2 Å². The maximum atomic E-state index is 15.2. The fourth-order valence-corrected chi connectivity index (χ4v) is 6.23. The Morgan fingerprint density at radius 2 is 1.74 bits per heavy atom. The van der Waals surface area contributed by atoms with Gasteiger partial charge in [-0.05, 0) is 48.2 Å². The Morgan fingerprint density at radius 1 is 1.02 bits per heavy atom. The zero-order valence-corrected chi connectivity index (χ0v) is 25.8. The second-order valence-corrected chi connectivity index (χ2v) is 13.3. The van der Waals surface area contributed by atoms with Gasteiger partial charge in [0.05, 0.1) is 22.4 Å². The van der Waals surface area contributed by atoms with Crippen molar-refractivity contribution in [3.8, 4) is 11.1 Å². The van der Waals surface area contributed by atoms with Crippen molar-refractivity contribution in [1.82, 2.24) is 24.3 Å². The Balaban J connectivity index is 1.12. The number of nitrogens with zero attached hydrogens (tertiary/aromatic N) is 5. The molecular weight excluding hydrogens is 644 g/mol. The Labute approximate surface area is 267 Å². The van der Waals surface area contributed by atoms with Crippen LogP contribution in [0.1, 0.15) is 30.0 Å². The smallest absolute Gasteiger partial charge is 0.383 e. The minimum Gasteiger partial charge on any atom is -0.383 e. The zero-order chi connectivity index (χ0) is 33.5. The number of anilines is 3. The summed E-state index contributed by atoms with van der Waals surface area (Å²) in [5.41, 5.74) is 6.69. The molecule has 0 atom stereocenters. The number of benzene rings is 2. The van der Waals surface area contributed by atoms with Crippen LogP contribution < -0.4 is 16.4 Å². The number of aromatic nitrogens is 3. The van der Waals surface area contributed by atoms with Crippen molar-refractivity contribution in [2.24, 2.45) is 0 Å². The number of rotatable bonds is 9. The molecule has 17 heteroatoms. The van der Waals surface area contributed by atoms with E-state index in [1.54, 1.807) is 6.07 Å². The van der Waals surface area contributed by atoms with Crippen LogP contribution in [0, 0.1) is 5.82 Å². The number of hydrogen-bond donors (Lipinski definition) is 4. The van der Waals surface area contributed by atoms with Gasteiger partial charge in [0.25, 0.3) is 10.1 Å². The lowest BCUT2D eigenvalue weighted by Gasteiger charge is -2.34. The lowest BCUT2D eigenvalue weighted by atomic mass is 10.0. The first kappa shape index (κ1) is 32.6. The molecule has 47 heavy (non-hydrogen) atoms. The van der Waals surface area contributed by atoms with Gasteiger partial charge in [-0.2, -0.15) is 21.6 Å². The fourth-order valence-electron chi connectivity index (χ4n) is 5.74. The van der Waals surface area contributed by atoms with E-state index in [2.05, 4.69) is 20.6 Å². The molecular formula is C30H32F4N8O4S. The van der Waals surface area contributed by atoms with Crippen LogP contribution in [0.2, 0.25) is 0 Å². The molecule has 6 rings (SSSR count). The molecule has 2 aromatic heterocycles. The van der Waals surface area contributed by atoms with Crippen molar-refractivity contribution in [2.75, 3.05) is 54.8 Å². The Hall–Kier alpha value is -4.32. The highest BCUT2D eigenvalue weighted by Crippen LogP contribution is 2.42. The lowest BCUT2D eigenvalue weighted by molar-refractivity contribution is -0.138. The van der Waals surface area contributed by atoms with Crippen molar-refractivity contribution < 1.29 is 35.3 Å². The minimum absolute atomic E-state index is 0.00514. The molecule has 2 aliphatic rings. The standard InChI is InChI=1S/C30H32F4N8O4S/c31-24-13-18(22-16-42(21-4-5-21)28-26(22)27(35)36-17-37-28)2-6-25(24)39-29(43)38-20-3-1-19(23(14-20)30(32,33)34)15-41-9-7-40(8-10-41)11-12-47(44,45)46/h1-3,6,13-14,16-17,21H,4-5,7-12,15H2,(H2,35,36,37)(H2,38,39,43)(H,44,45,46). The normalized spacial score (nSPS) is 16.4. The van der Waals surface area contributed by atoms with Gasteiger partial charge in [-0.3, -0.25) is 14.4 Å². The minimum atomic E-state index is -4.71. The van der Waals surface area contributed by atoms with E-state index < -0.39 is 39.5 Å². The summed E-state index contributed by atoms with van der Waals surface area (Å²) in [6, 6.07) is 7.00. The van der Waals surface area contributed by atoms with Gasteiger partial charge in [-0.1, -0.05) is 12.1 Å². The number of halogens is 4. The summed E-state index contributed by atoms with van der Waals surface area (Å²) in [6.45, 7) is 1.79. The summed E-state index contributed by atoms with van der Waals surface area (Å²) in [5.74, 6) is -0.917. The molecule has 0 radical (unpaired) electrons. The zero-order valence-electron chi connectivity index (χ0n) is 25.0. The largest absolute Gasteiger partial charge is 0.416 e. The van der Waals surface area contributed by atoms with E-state index in [9.17, 15) is 26.4 Å². The SMILES string of the molecule is Nc1ncnc2c1c(-c1ccc(NC(=O)Nc3ccc(CN4CCN(CCS(=O)(=O)O)CC4)c(C(F)(F)F)c3)c(F)c1)cn2C1CC1. The molecule has 4 aromatic rings. The Kier molecular flexibility index (Phi) is 8.82. The van der Waals surface area contributed by atoms with Crippen LogP contribution in [0.25, 0.3) is 22.2 Å². The molecule has 0 unspecified atom stereocenters. The second-order valence-electron chi connectivity index (χ2n) is 11.7. The average Bonchev–Trinajstić information content (AvgIpc) is 3.77. The maximum absolute atomic E-state index is 15.2. The summed E-state index contributed by atoms with van der Waals surface area (Å²) in [7, 11) is -4.10. The topological polar surface area (TPSA) is 159 Å². The van der Waals surface area contributed by atoms with Crippen LogP contribution in [0.15, 0.2) is 48.9 Å². The maximum Gasteiger partial charge on any atom is 0.416 e. The first-order chi connectivity index (χ1) is 22.2. The Morgan fingerprint density at radius 3 is 2.40 bits per heavy atom. The monoisotopic (exact) mass is 676 g/mol. The molecule has 2 amide bonds. The lowest BCUT2D eigenvalue weighted by Crippen LogP contribution is -2.47. The third kappa shape index (κ3) is 7.64. The van der Waals surface area contributed by atoms with Crippen LogP contribution in [0.4, 0.5) is 39.5 Å². The van der Waals surface area contributed by atoms with E-state index in [0.29, 0.717) is 48.3 Å². The summed E-state index contributed by atoms with van der Waals surface area (Å²) < 4.78 is 90.3. The van der Waals surface area contributed by atoms with Crippen molar-refractivity contribution >= 4 is 44.4 Å².